The molecule has 1 aliphatic rings. The monoisotopic (exact) mass is 272 g/mol. The summed E-state index contributed by atoms with van der Waals surface area (Å²) in [5.41, 5.74) is 4.93. The van der Waals surface area contributed by atoms with Crippen molar-refractivity contribution in [3.05, 3.63) is 64.7 Å². The van der Waals surface area contributed by atoms with E-state index in [4.69, 9.17) is 16.3 Å². The van der Waals surface area contributed by atoms with Gasteiger partial charge in [0.1, 0.15) is 5.75 Å². The molecule has 0 N–H and O–H groups in total. The van der Waals surface area contributed by atoms with Gasteiger partial charge in [0.25, 0.3) is 0 Å². The van der Waals surface area contributed by atoms with Gasteiger partial charge >= 0.3 is 0 Å². The molecule has 0 spiro atoms. The maximum absolute atomic E-state index is 6.07. The largest absolute Gasteiger partial charge is 0.474 e. The quantitative estimate of drug-likeness (QED) is 0.755. The number of halogens is 1. The number of para-hydroxylation sites is 1. The molecule has 0 fully saturated rings. The molecule has 0 saturated heterocycles. The minimum atomic E-state index is -0.210. The third-order valence-electron chi connectivity index (χ3n) is 3.63. The second-order valence-electron chi connectivity index (χ2n) is 4.98. The molecule has 98 valence electrons. The summed E-state index contributed by atoms with van der Waals surface area (Å²) in [5, 5.41) is 0. The average molecular weight is 273 g/mol. The van der Waals surface area contributed by atoms with Crippen molar-refractivity contribution in [2.24, 2.45) is 0 Å². The minimum Gasteiger partial charge on any atom is -0.474 e. The number of rotatable bonds is 3. The van der Waals surface area contributed by atoms with E-state index in [1.807, 2.05) is 0 Å². The lowest BCUT2D eigenvalue weighted by Gasteiger charge is -2.09. The van der Waals surface area contributed by atoms with Gasteiger partial charge in [-0.1, -0.05) is 61.0 Å². The molecule has 0 aliphatic carbocycles. The van der Waals surface area contributed by atoms with Gasteiger partial charge < -0.3 is 4.74 Å². The Bertz CT molecular complexity index is 574. The van der Waals surface area contributed by atoms with E-state index in [9.17, 15) is 0 Å². The van der Waals surface area contributed by atoms with Crippen LogP contribution in [-0.4, -0.2) is 5.56 Å². The molecule has 0 radical (unpaired) electrons. The van der Waals surface area contributed by atoms with Crippen LogP contribution in [0.4, 0.5) is 0 Å². The summed E-state index contributed by atoms with van der Waals surface area (Å²) in [4.78, 5) is 0. The summed E-state index contributed by atoms with van der Waals surface area (Å²) in [6.45, 7) is 2.17. The Hall–Kier alpha value is -1.47. The fourth-order valence-corrected chi connectivity index (χ4v) is 2.80. The van der Waals surface area contributed by atoms with Crippen molar-refractivity contribution in [3.63, 3.8) is 0 Å². The Morgan fingerprint density at radius 2 is 1.84 bits per heavy atom. The lowest BCUT2D eigenvalue weighted by molar-refractivity contribution is 0.314. The maximum Gasteiger partial charge on any atom is 0.176 e. The summed E-state index contributed by atoms with van der Waals surface area (Å²) >= 11 is 6.07. The SMILES string of the molecule is CCc1ccc(Cc2cccc3c2OC(Cl)C3)cc1. The summed E-state index contributed by atoms with van der Waals surface area (Å²) < 4.78 is 5.72. The van der Waals surface area contributed by atoms with Crippen molar-refractivity contribution in [2.75, 3.05) is 0 Å². The third-order valence-corrected chi connectivity index (χ3v) is 3.87. The molecule has 3 rings (SSSR count). The fourth-order valence-electron chi connectivity index (χ4n) is 2.54. The van der Waals surface area contributed by atoms with E-state index in [0.29, 0.717) is 0 Å². The van der Waals surface area contributed by atoms with Gasteiger partial charge in [-0.3, -0.25) is 0 Å². The number of ether oxygens (including phenoxy) is 1. The second kappa shape index (κ2) is 5.26. The molecule has 19 heavy (non-hydrogen) atoms. The van der Waals surface area contributed by atoms with Crippen molar-refractivity contribution in [3.8, 4) is 5.75 Å². The molecule has 2 aromatic rings. The van der Waals surface area contributed by atoms with E-state index in [1.54, 1.807) is 0 Å². The summed E-state index contributed by atoms with van der Waals surface area (Å²) in [5.74, 6) is 0.988. The Morgan fingerprint density at radius 1 is 1.11 bits per heavy atom. The van der Waals surface area contributed by atoms with E-state index >= 15 is 0 Å². The minimum absolute atomic E-state index is 0.210. The zero-order chi connectivity index (χ0) is 13.2. The molecule has 1 heterocycles. The third kappa shape index (κ3) is 2.62. The van der Waals surface area contributed by atoms with E-state index < -0.39 is 0 Å². The first-order valence-electron chi connectivity index (χ1n) is 6.75. The summed E-state index contributed by atoms with van der Waals surface area (Å²) in [6, 6.07) is 15.1. The standard InChI is InChI=1S/C17H17ClO/c1-2-12-6-8-13(9-7-12)10-14-4-3-5-15-11-16(18)19-17(14)15/h3-9,16H,2,10-11H2,1H3. The first-order chi connectivity index (χ1) is 9.26. The van der Waals surface area contributed by atoms with Gasteiger partial charge in [0.15, 0.2) is 5.56 Å². The van der Waals surface area contributed by atoms with E-state index in [0.717, 1.165) is 25.0 Å². The zero-order valence-electron chi connectivity index (χ0n) is 11.0. The maximum atomic E-state index is 6.07. The molecule has 0 amide bonds. The highest BCUT2D eigenvalue weighted by atomic mass is 35.5. The highest BCUT2D eigenvalue weighted by Gasteiger charge is 2.22. The average Bonchev–Trinajstić information content (AvgIpc) is 2.81. The fraction of sp³-hybridized carbons (Fsp3) is 0.294. The van der Waals surface area contributed by atoms with Gasteiger partial charge in [0.05, 0.1) is 0 Å². The topological polar surface area (TPSA) is 9.23 Å². The molecule has 1 unspecified atom stereocenters. The first kappa shape index (κ1) is 12.6. The molecule has 1 atom stereocenters. The van der Waals surface area contributed by atoms with Gasteiger partial charge in [0.2, 0.25) is 0 Å². The highest BCUT2D eigenvalue weighted by Crippen LogP contribution is 2.34. The van der Waals surface area contributed by atoms with Gasteiger partial charge in [-0.25, -0.2) is 0 Å². The highest BCUT2D eigenvalue weighted by molar-refractivity contribution is 6.20. The van der Waals surface area contributed by atoms with Crippen molar-refractivity contribution >= 4 is 11.6 Å². The van der Waals surface area contributed by atoms with Crippen molar-refractivity contribution in [1.82, 2.24) is 0 Å². The number of fused-ring (bicyclic) bond motifs is 1. The normalized spacial score (nSPS) is 17.1. The van der Waals surface area contributed by atoms with Crippen LogP contribution in [-0.2, 0) is 19.3 Å². The Balaban J connectivity index is 1.85. The van der Waals surface area contributed by atoms with Crippen LogP contribution in [0.15, 0.2) is 42.5 Å². The molecular weight excluding hydrogens is 256 g/mol. The van der Waals surface area contributed by atoms with E-state index in [1.165, 1.54) is 22.3 Å². The number of aryl methyl sites for hydroxylation is 1. The van der Waals surface area contributed by atoms with Crippen molar-refractivity contribution in [1.29, 1.82) is 0 Å². The van der Waals surface area contributed by atoms with Gasteiger partial charge in [-0.2, -0.15) is 0 Å². The lowest BCUT2D eigenvalue weighted by atomic mass is 10.00. The molecular formula is C17H17ClO. The smallest absolute Gasteiger partial charge is 0.176 e. The van der Waals surface area contributed by atoms with Crippen LogP contribution in [0.1, 0.15) is 29.2 Å². The lowest BCUT2D eigenvalue weighted by Crippen LogP contribution is -2.02. The van der Waals surface area contributed by atoms with Crippen LogP contribution in [0.2, 0.25) is 0 Å². The van der Waals surface area contributed by atoms with Crippen LogP contribution in [0.3, 0.4) is 0 Å². The van der Waals surface area contributed by atoms with Gasteiger partial charge in [0, 0.05) is 12.8 Å². The van der Waals surface area contributed by atoms with Crippen LogP contribution >= 0.6 is 11.6 Å². The molecule has 0 bridgehead atoms. The number of hydrogen-bond acceptors (Lipinski definition) is 1. The summed E-state index contributed by atoms with van der Waals surface area (Å²) in [7, 11) is 0. The molecule has 0 aromatic heterocycles. The van der Waals surface area contributed by atoms with E-state index in [-0.39, 0.29) is 5.56 Å². The van der Waals surface area contributed by atoms with Crippen molar-refractivity contribution in [2.45, 2.75) is 31.7 Å². The predicted octanol–water partition coefficient (Wildman–Crippen LogP) is 4.34. The molecule has 0 saturated carbocycles. The molecule has 1 aliphatic heterocycles. The Labute approximate surface area is 119 Å². The molecule has 2 aromatic carbocycles. The van der Waals surface area contributed by atoms with E-state index in [2.05, 4.69) is 49.4 Å². The Kier molecular flexibility index (Phi) is 3.48. The Morgan fingerprint density at radius 3 is 2.58 bits per heavy atom. The number of benzene rings is 2. The molecule has 1 nitrogen and oxygen atoms in total. The summed E-state index contributed by atoms with van der Waals surface area (Å²) in [6.07, 6.45) is 2.79. The van der Waals surface area contributed by atoms with Crippen LogP contribution < -0.4 is 4.74 Å². The van der Waals surface area contributed by atoms with Crippen molar-refractivity contribution < 1.29 is 4.74 Å². The first-order valence-corrected chi connectivity index (χ1v) is 7.19. The number of hydrogen-bond donors (Lipinski definition) is 0. The van der Waals surface area contributed by atoms with Gasteiger partial charge in [-0.15, -0.1) is 0 Å². The van der Waals surface area contributed by atoms with Crippen LogP contribution in [0.25, 0.3) is 0 Å². The van der Waals surface area contributed by atoms with Gasteiger partial charge in [-0.05, 0) is 28.7 Å². The zero-order valence-corrected chi connectivity index (χ0v) is 11.8. The molecule has 2 heteroatoms. The number of alkyl halides is 1. The van der Waals surface area contributed by atoms with Crippen LogP contribution in [0.5, 0.6) is 5.75 Å². The predicted molar refractivity (Wildman–Crippen MR) is 79.0 cm³/mol. The van der Waals surface area contributed by atoms with Crippen LogP contribution in [0, 0.1) is 0 Å². The second-order valence-corrected chi connectivity index (χ2v) is 5.47.